The molecule has 8 heteroatoms. The second kappa shape index (κ2) is 7.05. The highest BCUT2D eigenvalue weighted by molar-refractivity contribution is 7.89. The first-order chi connectivity index (χ1) is 9.32. The van der Waals surface area contributed by atoms with Crippen LogP contribution in [0.3, 0.4) is 0 Å². The monoisotopic (exact) mass is 311 g/mol. The highest BCUT2D eigenvalue weighted by atomic mass is 32.2. The van der Waals surface area contributed by atoms with E-state index in [0.717, 1.165) is 4.31 Å². The molecular weight excluding hydrogens is 295 g/mol. The van der Waals surface area contributed by atoms with Crippen molar-refractivity contribution in [2.75, 3.05) is 20.2 Å². The SMILES string of the molecule is CN(CCCCCO)S(=O)(=O)c1ccc(F)c(F)c1F. The number of hydrogen-bond acceptors (Lipinski definition) is 3. The molecule has 0 spiro atoms. The van der Waals surface area contributed by atoms with Crippen molar-refractivity contribution in [1.82, 2.24) is 4.31 Å². The summed E-state index contributed by atoms with van der Waals surface area (Å²) in [7, 11) is -2.98. The van der Waals surface area contributed by atoms with Crippen molar-refractivity contribution in [2.45, 2.75) is 24.2 Å². The van der Waals surface area contributed by atoms with Gasteiger partial charge in [0.05, 0.1) is 0 Å². The highest BCUT2D eigenvalue weighted by Gasteiger charge is 2.27. The molecule has 0 fully saturated rings. The van der Waals surface area contributed by atoms with E-state index in [1.165, 1.54) is 7.05 Å². The summed E-state index contributed by atoms with van der Waals surface area (Å²) in [6.07, 6.45) is 1.62. The fourth-order valence-corrected chi connectivity index (χ4v) is 2.88. The van der Waals surface area contributed by atoms with Crippen LogP contribution in [0, 0.1) is 17.5 Å². The van der Waals surface area contributed by atoms with Crippen LogP contribution in [0.25, 0.3) is 0 Å². The van der Waals surface area contributed by atoms with Crippen LogP contribution in [0.2, 0.25) is 0 Å². The summed E-state index contributed by atoms with van der Waals surface area (Å²) in [5.41, 5.74) is 0. The molecule has 1 aromatic rings. The maximum atomic E-state index is 13.5. The molecule has 0 atom stereocenters. The van der Waals surface area contributed by atoms with E-state index in [-0.39, 0.29) is 13.2 Å². The van der Waals surface area contributed by atoms with E-state index in [1.807, 2.05) is 0 Å². The standard InChI is InChI=1S/C12H16F3NO3S/c1-16(7-3-2-4-8-17)20(18,19)10-6-5-9(13)11(14)12(10)15/h5-6,17H,2-4,7-8H2,1H3. The summed E-state index contributed by atoms with van der Waals surface area (Å²) in [6, 6.07) is 1.28. The summed E-state index contributed by atoms with van der Waals surface area (Å²) in [5, 5.41) is 8.60. The Kier molecular flexibility index (Phi) is 5.97. The lowest BCUT2D eigenvalue weighted by Crippen LogP contribution is -2.29. The third kappa shape index (κ3) is 3.71. The molecular formula is C12H16F3NO3S. The Morgan fingerprint density at radius 2 is 1.75 bits per heavy atom. The van der Waals surface area contributed by atoms with Crippen molar-refractivity contribution in [3.05, 3.63) is 29.6 Å². The van der Waals surface area contributed by atoms with Crippen molar-refractivity contribution in [1.29, 1.82) is 0 Å². The van der Waals surface area contributed by atoms with Crippen molar-refractivity contribution in [3.63, 3.8) is 0 Å². The van der Waals surface area contributed by atoms with Gasteiger partial charge in [-0.2, -0.15) is 0 Å². The second-order valence-corrected chi connectivity index (χ2v) is 6.30. The largest absolute Gasteiger partial charge is 0.396 e. The Morgan fingerprint density at radius 3 is 2.35 bits per heavy atom. The zero-order chi connectivity index (χ0) is 15.3. The predicted octanol–water partition coefficient (Wildman–Crippen LogP) is 1.89. The number of rotatable bonds is 7. The Bertz CT molecular complexity index is 563. The van der Waals surface area contributed by atoms with Crippen LogP contribution in [-0.2, 0) is 10.0 Å². The van der Waals surface area contributed by atoms with Gasteiger partial charge in [-0.15, -0.1) is 0 Å². The number of aliphatic hydroxyl groups is 1. The number of unbranched alkanes of at least 4 members (excludes halogenated alkanes) is 2. The molecule has 0 bridgehead atoms. The first kappa shape index (κ1) is 16.9. The molecule has 1 rings (SSSR count). The first-order valence-electron chi connectivity index (χ1n) is 6.03. The smallest absolute Gasteiger partial charge is 0.245 e. The van der Waals surface area contributed by atoms with Crippen molar-refractivity contribution in [3.8, 4) is 0 Å². The third-order valence-electron chi connectivity index (χ3n) is 2.82. The maximum absolute atomic E-state index is 13.5. The van der Waals surface area contributed by atoms with E-state index < -0.39 is 32.4 Å². The van der Waals surface area contributed by atoms with E-state index >= 15 is 0 Å². The molecule has 0 heterocycles. The molecule has 0 aliphatic heterocycles. The van der Waals surface area contributed by atoms with E-state index in [0.29, 0.717) is 31.4 Å². The fraction of sp³-hybridized carbons (Fsp3) is 0.500. The lowest BCUT2D eigenvalue weighted by Gasteiger charge is -2.17. The first-order valence-corrected chi connectivity index (χ1v) is 7.47. The molecule has 0 radical (unpaired) electrons. The number of halogens is 3. The minimum atomic E-state index is -4.21. The average molecular weight is 311 g/mol. The fourth-order valence-electron chi connectivity index (χ4n) is 1.62. The van der Waals surface area contributed by atoms with Crippen molar-refractivity contribution in [2.24, 2.45) is 0 Å². The Labute approximate surface area is 115 Å². The summed E-state index contributed by atoms with van der Waals surface area (Å²) in [4.78, 5) is -0.888. The molecule has 0 aliphatic carbocycles. The molecule has 20 heavy (non-hydrogen) atoms. The van der Waals surface area contributed by atoms with Crippen LogP contribution in [0.4, 0.5) is 13.2 Å². The molecule has 0 aliphatic rings. The quantitative estimate of drug-likeness (QED) is 0.618. The van der Waals surface area contributed by atoms with Gasteiger partial charge in [-0.1, -0.05) is 0 Å². The van der Waals surface area contributed by atoms with Gasteiger partial charge in [0.1, 0.15) is 4.90 Å². The van der Waals surface area contributed by atoms with E-state index in [1.54, 1.807) is 0 Å². The molecule has 0 aromatic heterocycles. The molecule has 4 nitrogen and oxygen atoms in total. The van der Waals surface area contributed by atoms with E-state index in [9.17, 15) is 21.6 Å². The van der Waals surface area contributed by atoms with Crippen LogP contribution < -0.4 is 0 Å². The van der Waals surface area contributed by atoms with Crippen LogP contribution in [0.5, 0.6) is 0 Å². The number of aliphatic hydroxyl groups excluding tert-OH is 1. The lowest BCUT2D eigenvalue weighted by atomic mass is 10.2. The number of hydrogen-bond donors (Lipinski definition) is 1. The summed E-state index contributed by atoms with van der Waals surface area (Å²) in [5.74, 6) is -4.96. The minimum absolute atomic E-state index is 0.00820. The molecule has 0 saturated carbocycles. The van der Waals surface area contributed by atoms with Gasteiger partial charge in [-0.3, -0.25) is 0 Å². The van der Waals surface area contributed by atoms with Gasteiger partial charge in [-0.25, -0.2) is 25.9 Å². The van der Waals surface area contributed by atoms with Gasteiger partial charge >= 0.3 is 0 Å². The summed E-state index contributed by atoms with van der Waals surface area (Å²) < 4.78 is 64.3. The minimum Gasteiger partial charge on any atom is -0.396 e. The van der Waals surface area contributed by atoms with Crippen LogP contribution in [0.15, 0.2) is 17.0 Å². The normalized spacial score (nSPS) is 12.1. The highest BCUT2D eigenvalue weighted by Crippen LogP contribution is 2.22. The molecule has 0 unspecified atom stereocenters. The predicted molar refractivity (Wildman–Crippen MR) is 67.1 cm³/mol. The van der Waals surface area contributed by atoms with Crippen molar-refractivity contribution < 1.29 is 26.7 Å². The maximum Gasteiger partial charge on any atom is 0.245 e. The number of benzene rings is 1. The summed E-state index contributed by atoms with van der Waals surface area (Å²) in [6.45, 7) is 0.106. The lowest BCUT2D eigenvalue weighted by molar-refractivity contribution is 0.281. The Hall–Kier alpha value is -1.12. The van der Waals surface area contributed by atoms with Gasteiger partial charge in [0.2, 0.25) is 10.0 Å². The number of sulfonamides is 1. The zero-order valence-corrected chi connectivity index (χ0v) is 11.8. The summed E-state index contributed by atoms with van der Waals surface area (Å²) >= 11 is 0. The molecule has 1 aromatic carbocycles. The zero-order valence-electron chi connectivity index (χ0n) is 10.9. The van der Waals surface area contributed by atoms with E-state index in [4.69, 9.17) is 5.11 Å². The third-order valence-corrected chi connectivity index (χ3v) is 4.69. The van der Waals surface area contributed by atoms with Crippen LogP contribution in [0.1, 0.15) is 19.3 Å². The van der Waals surface area contributed by atoms with Crippen molar-refractivity contribution >= 4 is 10.0 Å². The Morgan fingerprint density at radius 1 is 1.10 bits per heavy atom. The topological polar surface area (TPSA) is 57.6 Å². The van der Waals surface area contributed by atoms with E-state index in [2.05, 4.69) is 0 Å². The molecule has 114 valence electrons. The van der Waals surface area contributed by atoms with Gasteiger partial charge < -0.3 is 5.11 Å². The molecule has 1 N–H and O–H groups in total. The van der Waals surface area contributed by atoms with Gasteiger partial charge in [0.15, 0.2) is 17.5 Å². The van der Waals surface area contributed by atoms with Crippen LogP contribution >= 0.6 is 0 Å². The second-order valence-electron chi connectivity index (χ2n) is 4.28. The van der Waals surface area contributed by atoms with Gasteiger partial charge in [0.25, 0.3) is 0 Å². The van der Waals surface area contributed by atoms with Crippen LogP contribution in [-0.4, -0.2) is 38.0 Å². The molecule has 0 saturated heterocycles. The average Bonchev–Trinajstić information content (AvgIpc) is 2.40. The number of nitrogens with zero attached hydrogens (tertiary/aromatic N) is 1. The van der Waals surface area contributed by atoms with Gasteiger partial charge in [-0.05, 0) is 31.4 Å². The Balaban J connectivity index is 2.91. The van der Waals surface area contributed by atoms with Gasteiger partial charge in [0, 0.05) is 20.2 Å². The molecule has 0 amide bonds.